The Balaban J connectivity index is 3.06. The molecule has 0 bridgehead atoms. The summed E-state index contributed by atoms with van der Waals surface area (Å²) in [4.78, 5) is 23.8. The second kappa shape index (κ2) is 6.18. The third-order valence-corrected chi connectivity index (χ3v) is 2.25. The Kier molecular flexibility index (Phi) is 4.87. The number of ether oxygens (including phenoxy) is 1. The molecule has 0 radical (unpaired) electrons. The van der Waals surface area contributed by atoms with E-state index >= 15 is 0 Å². The summed E-state index contributed by atoms with van der Waals surface area (Å²) in [6.07, 6.45) is 1.52. The minimum Gasteiger partial charge on any atom is -0.465 e. The van der Waals surface area contributed by atoms with E-state index in [0.29, 0.717) is 0 Å². The number of nitrogens with one attached hydrogen (secondary N) is 1. The summed E-state index contributed by atoms with van der Waals surface area (Å²) < 4.78 is 4.65. The van der Waals surface area contributed by atoms with Gasteiger partial charge in [-0.15, -0.1) is 0 Å². The van der Waals surface area contributed by atoms with Gasteiger partial charge in [-0.1, -0.05) is 30.3 Å². The first-order valence-electron chi connectivity index (χ1n) is 6.01. The van der Waals surface area contributed by atoms with E-state index in [-0.39, 0.29) is 5.57 Å². The molecule has 0 aliphatic rings. The van der Waals surface area contributed by atoms with Crippen LogP contribution in [-0.4, -0.2) is 24.5 Å². The van der Waals surface area contributed by atoms with Crippen molar-refractivity contribution in [3.8, 4) is 0 Å². The first-order chi connectivity index (χ1) is 8.83. The van der Waals surface area contributed by atoms with E-state index in [1.165, 1.54) is 13.2 Å². The molecule has 0 heterocycles. The molecule has 1 aromatic carbocycles. The lowest BCUT2D eigenvalue weighted by atomic mass is 10.1. The molecule has 1 amide bonds. The predicted molar refractivity (Wildman–Crippen MR) is 74.3 cm³/mol. The van der Waals surface area contributed by atoms with Crippen LogP contribution in [0.2, 0.25) is 0 Å². The second-order valence-corrected chi connectivity index (χ2v) is 5.16. The molecular formula is C15H19NO3. The molecule has 1 N–H and O–H groups in total. The first-order valence-corrected chi connectivity index (χ1v) is 6.01. The van der Waals surface area contributed by atoms with Gasteiger partial charge >= 0.3 is 5.97 Å². The molecule has 0 saturated carbocycles. The molecule has 0 fully saturated rings. The van der Waals surface area contributed by atoms with Crippen LogP contribution in [-0.2, 0) is 14.3 Å². The molecule has 0 atom stereocenters. The number of hydrogen-bond acceptors (Lipinski definition) is 3. The van der Waals surface area contributed by atoms with Gasteiger partial charge in [0.15, 0.2) is 0 Å². The van der Waals surface area contributed by atoms with Crippen molar-refractivity contribution < 1.29 is 14.3 Å². The van der Waals surface area contributed by atoms with Crippen molar-refractivity contribution in [2.24, 2.45) is 0 Å². The highest BCUT2D eigenvalue weighted by Gasteiger charge is 2.23. The van der Waals surface area contributed by atoms with Gasteiger partial charge in [-0.2, -0.15) is 0 Å². The molecule has 4 nitrogen and oxygen atoms in total. The lowest BCUT2D eigenvalue weighted by molar-refractivity contribution is -0.138. The lowest BCUT2D eigenvalue weighted by Gasteiger charge is -2.20. The summed E-state index contributed by atoms with van der Waals surface area (Å²) in [5.74, 6) is -1.09. The van der Waals surface area contributed by atoms with Gasteiger partial charge in [0.05, 0.1) is 7.11 Å². The number of esters is 1. The van der Waals surface area contributed by atoms with Gasteiger partial charge < -0.3 is 10.1 Å². The molecule has 0 aliphatic heterocycles. The quantitative estimate of drug-likeness (QED) is 0.392. The Labute approximate surface area is 113 Å². The highest BCUT2D eigenvalue weighted by molar-refractivity contribution is 6.19. The van der Waals surface area contributed by atoms with Crippen LogP contribution in [0.4, 0.5) is 0 Å². The molecule has 1 aromatic rings. The smallest absolute Gasteiger partial charge is 0.343 e. The fraction of sp³-hybridized carbons (Fsp3) is 0.333. The Morgan fingerprint density at radius 1 is 1.16 bits per heavy atom. The van der Waals surface area contributed by atoms with Crippen LogP contribution in [0.3, 0.4) is 0 Å². The molecular weight excluding hydrogens is 242 g/mol. The van der Waals surface area contributed by atoms with Crippen LogP contribution < -0.4 is 5.32 Å². The zero-order chi connectivity index (χ0) is 14.5. The Hall–Kier alpha value is -2.10. The van der Waals surface area contributed by atoms with Crippen molar-refractivity contribution >= 4 is 18.0 Å². The van der Waals surface area contributed by atoms with E-state index in [9.17, 15) is 9.59 Å². The first kappa shape index (κ1) is 15.0. The minimum absolute atomic E-state index is 0.0105. The summed E-state index contributed by atoms with van der Waals surface area (Å²) >= 11 is 0. The third-order valence-electron chi connectivity index (χ3n) is 2.25. The van der Waals surface area contributed by atoms with E-state index in [1.807, 2.05) is 51.1 Å². The van der Waals surface area contributed by atoms with Crippen molar-refractivity contribution in [1.29, 1.82) is 0 Å². The Morgan fingerprint density at radius 2 is 1.74 bits per heavy atom. The Morgan fingerprint density at radius 3 is 2.21 bits per heavy atom. The van der Waals surface area contributed by atoms with Crippen LogP contribution in [0, 0.1) is 0 Å². The summed E-state index contributed by atoms with van der Waals surface area (Å²) in [5.41, 5.74) is 0.344. The predicted octanol–water partition coefficient (Wildman–Crippen LogP) is 2.16. The van der Waals surface area contributed by atoms with Crippen molar-refractivity contribution in [3.05, 3.63) is 41.5 Å². The van der Waals surface area contributed by atoms with Crippen LogP contribution in [0.5, 0.6) is 0 Å². The topological polar surface area (TPSA) is 55.4 Å². The second-order valence-electron chi connectivity index (χ2n) is 5.16. The van der Waals surface area contributed by atoms with Gasteiger partial charge in [0.2, 0.25) is 0 Å². The van der Waals surface area contributed by atoms with Gasteiger partial charge in [0.25, 0.3) is 5.91 Å². The van der Waals surface area contributed by atoms with Crippen LogP contribution in [0.25, 0.3) is 6.08 Å². The number of rotatable bonds is 3. The zero-order valence-electron chi connectivity index (χ0n) is 11.7. The van der Waals surface area contributed by atoms with Crippen LogP contribution >= 0.6 is 0 Å². The van der Waals surface area contributed by atoms with E-state index in [4.69, 9.17) is 0 Å². The number of amides is 1. The molecule has 102 valence electrons. The van der Waals surface area contributed by atoms with Crippen molar-refractivity contribution in [2.75, 3.05) is 7.11 Å². The molecule has 4 heteroatoms. The maximum absolute atomic E-state index is 12.1. The molecule has 0 aromatic heterocycles. The number of carbonyl (C=O) groups excluding carboxylic acids is 2. The number of carbonyl (C=O) groups is 2. The molecule has 0 aliphatic carbocycles. The van der Waals surface area contributed by atoms with Gasteiger partial charge in [-0.3, -0.25) is 4.79 Å². The van der Waals surface area contributed by atoms with E-state index in [2.05, 4.69) is 10.1 Å². The SMILES string of the molecule is COC(=O)/C(=C/c1ccccc1)C(=O)NC(C)(C)C. The van der Waals surface area contributed by atoms with Crippen molar-refractivity contribution in [2.45, 2.75) is 26.3 Å². The average molecular weight is 261 g/mol. The molecule has 0 saturated heterocycles. The van der Waals surface area contributed by atoms with E-state index < -0.39 is 17.4 Å². The van der Waals surface area contributed by atoms with Gasteiger partial charge in [-0.05, 0) is 32.4 Å². The standard InChI is InChI=1S/C15H19NO3/c1-15(2,3)16-13(17)12(14(18)19-4)10-11-8-6-5-7-9-11/h5-10H,1-4H3,(H,16,17)/b12-10+. The third kappa shape index (κ3) is 4.95. The maximum atomic E-state index is 12.1. The van der Waals surface area contributed by atoms with Crippen molar-refractivity contribution in [3.63, 3.8) is 0 Å². The van der Waals surface area contributed by atoms with Gasteiger partial charge in [0.1, 0.15) is 5.57 Å². The largest absolute Gasteiger partial charge is 0.465 e. The maximum Gasteiger partial charge on any atom is 0.343 e. The van der Waals surface area contributed by atoms with E-state index in [0.717, 1.165) is 5.56 Å². The average Bonchev–Trinajstić information content (AvgIpc) is 2.34. The lowest BCUT2D eigenvalue weighted by Crippen LogP contribution is -2.42. The van der Waals surface area contributed by atoms with Crippen LogP contribution in [0.15, 0.2) is 35.9 Å². The summed E-state index contributed by atoms with van der Waals surface area (Å²) in [7, 11) is 1.26. The molecule has 19 heavy (non-hydrogen) atoms. The van der Waals surface area contributed by atoms with Crippen molar-refractivity contribution in [1.82, 2.24) is 5.32 Å². The molecule has 0 spiro atoms. The molecule has 0 unspecified atom stereocenters. The summed E-state index contributed by atoms with van der Waals surface area (Å²) in [5, 5.41) is 2.75. The highest BCUT2D eigenvalue weighted by Crippen LogP contribution is 2.10. The zero-order valence-corrected chi connectivity index (χ0v) is 11.7. The monoisotopic (exact) mass is 261 g/mol. The van der Waals surface area contributed by atoms with Gasteiger partial charge in [-0.25, -0.2) is 4.79 Å². The number of methoxy groups -OCH3 is 1. The van der Waals surface area contributed by atoms with E-state index in [1.54, 1.807) is 0 Å². The summed E-state index contributed by atoms with van der Waals surface area (Å²) in [6, 6.07) is 9.16. The molecule has 1 rings (SSSR count). The fourth-order valence-electron chi connectivity index (χ4n) is 1.45. The van der Waals surface area contributed by atoms with Crippen LogP contribution in [0.1, 0.15) is 26.3 Å². The minimum atomic E-state index is -0.648. The number of hydrogen-bond donors (Lipinski definition) is 1. The number of benzene rings is 1. The summed E-state index contributed by atoms with van der Waals surface area (Å²) in [6.45, 7) is 5.55. The fourth-order valence-corrected chi connectivity index (χ4v) is 1.45. The Bertz CT molecular complexity index is 484. The highest BCUT2D eigenvalue weighted by atomic mass is 16.5. The normalized spacial score (nSPS) is 11.9. The van der Waals surface area contributed by atoms with Gasteiger partial charge in [0, 0.05) is 5.54 Å².